The molecule has 0 radical (unpaired) electrons. The topological polar surface area (TPSA) is 126 Å². The minimum absolute atomic E-state index is 0.0551. The maximum Gasteiger partial charge on any atom is 0.278 e. The number of benzene rings is 1. The first-order chi connectivity index (χ1) is 9.11. The van der Waals surface area contributed by atoms with E-state index in [1.165, 1.54) is 0 Å². The predicted molar refractivity (Wildman–Crippen MR) is 72.6 cm³/mol. The average molecular weight is 256 g/mol. The molecule has 7 heteroatoms. The molecule has 0 bridgehead atoms. The smallest absolute Gasteiger partial charge is 0.278 e. The van der Waals surface area contributed by atoms with Crippen molar-refractivity contribution < 1.29 is 0 Å². The number of aromatic nitrogens is 4. The van der Waals surface area contributed by atoms with E-state index in [1.807, 2.05) is 24.3 Å². The molecule has 0 aliphatic rings. The Morgan fingerprint density at radius 1 is 1.16 bits per heavy atom. The standard InChI is InChI=1S/C12H12N6O/c13-7-3-1-2-6(4-7)5-8-15-9-10(16-8)17-12(14)18-11(9)19/h1-4H,5,13H2,(H4,14,15,16,17,18,19). The summed E-state index contributed by atoms with van der Waals surface area (Å²) >= 11 is 0. The Balaban J connectivity index is 2.02. The van der Waals surface area contributed by atoms with Gasteiger partial charge in [-0.3, -0.25) is 9.78 Å². The molecular formula is C12H12N6O. The normalized spacial score (nSPS) is 10.9. The molecule has 0 unspecified atom stereocenters. The van der Waals surface area contributed by atoms with Crippen LogP contribution >= 0.6 is 0 Å². The van der Waals surface area contributed by atoms with Crippen LogP contribution in [0.4, 0.5) is 11.6 Å². The van der Waals surface area contributed by atoms with E-state index >= 15 is 0 Å². The van der Waals surface area contributed by atoms with Crippen molar-refractivity contribution in [1.82, 2.24) is 19.9 Å². The third-order valence-corrected chi connectivity index (χ3v) is 2.75. The number of nitrogens with two attached hydrogens (primary N) is 2. The van der Waals surface area contributed by atoms with Gasteiger partial charge in [0.05, 0.1) is 0 Å². The van der Waals surface area contributed by atoms with Crippen LogP contribution in [0, 0.1) is 0 Å². The Bertz CT molecular complexity index is 803. The molecule has 0 saturated heterocycles. The summed E-state index contributed by atoms with van der Waals surface area (Å²) in [7, 11) is 0. The number of hydrogen-bond donors (Lipinski definition) is 4. The summed E-state index contributed by atoms with van der Waals surface area (Å²) in [6.45, 7) is 0. The van der Waals surface area contributed by atoms with E-state index in [4.69, 9.17) is 11.5 Å². The fraction of sp³-hybridized carbons (Fsp3) is 0.0833. The highest BCUT2D eigenvalue weighted by atomic mass is 16.1. The molecule has 0 saturated carbocycles. The maximum absolute atomic E-state index is 11.7. The van der Waals surface area contributed by atoms with Gasteiger partial charge in [0.2, 0.25) is 5.95 Å². The van der Waals surface area contributed by atoms with Gasteiger partial charge in [-0.05, 0) is 17.7 Å². The zero-order valence-corrected chi connectivity index (χ0v) is 9.97. The fourth-order valence-corrected chi connectivity index (χ4v) is 1.95. The molecule has 3 rings (SSSR count). The zero-order chi connectivity index (χ0) is 13.4. The summed E-state index contributed by atoms with van der Waals surface area (Å²) in [6, 6.07) is 7.49. The summed E-state index contributed by atoms with van der Waals surface area (Å²) in [4.78, 5) is 25.2. The molecule has 7 nitrogen and oxygen atoms in total. The van der Waals surface area contributed by atoms with Gasteiger partial charge in [0.1, 0.15) is 5.82 Å². The van der Waals surface area contributed by atoms with Crippen molar-refractivity contribution in [2.75, 3.05) is 11.5 Å². The maximum atomic E-state index is 11.7. The van der Waals surface area contributed by atoms with Gasteiger partial charge in [0.25, 0.3) is 5.56 Å². The highest BCUT2D eigenvalue weighted by Gasteiger charge is 2.09. The lowest BCUT2D eigenvalue weighted by Gasteiger charge is -1.99. The van der Waals surface area contributed by atoms with Crippen LogP contribution in [0.5, 0.6) is 0 Å². The number of rotatable bonds is 2. The van der Waals surface area contributed by atoms with Crippen LogP contribution in [-0.4, -0.2) is 19.9 Å². The molecule has 6 N–H and O–H groups in total. The van der Waals surface area contributed by atoms with E-state index in [0.29, 0.717) is 29.1 Å². The number of nitrogens with one attached hydrogen (secondary N) is 2. The highest BCUT2D eigenvalue weighted by molar-refractivity contribution is 5.70. The number of hydrogen-bond acceptors (Lipinski definition) is 5. The number of imidazole rings is 1. The van der Waals surface area contributed by atoms with Crippen LogP contribution in [-0.2, 0) is 6.42 Å². The van der Waals surface area contributed by atoms with Crippen LogP contribution in [0.3, 0.4) is 0 Å². The lowest BCUT2D eigenvalue weighted by molar-refractivity contribution is 1.04. The monoisotopic (exact) mass is 256 g/mol. The molecule has 0 aliphatic carbocycles. The number of nitrogens with zero attached hydrogens (tertiary/aromatic N) is 2. The quantitative estimate of drug-likeness (QED) is 0.494. The highest BCUT2D eigenvalue weighted by Crippen LogP contribution is 2.12. The van der Waals surface area contributed by atoms with Gasteiger partial charge in [-0.1, -0.05) is 12.1 Å². The number of nitrogen functional groups attached to an aromatic ring is 2. The van der Waals surface area contributed by atoms with Crippen molar-refractivity contribution in [2.45, 2.75) is 6.42 Å². The second-order valence-electron chi connectivity index (χ2n) is 4.26. The molecule has 0 spiro atoms. The molecule has 2 aromatic heterocycles. The average Bonchev–Trinajstić information content (AvgIpc) is 2.71. The van der Waals surface area contributed by atoms with Crippen molar-refractivity contribution in [3.05, 3.63) is 46.0 Å². The van der Waals surface area contributed by atoms with Gasteiger partial charge in [-0.2, -0.15) is 4.98 Å². The van der Waals surface area contributed by atoms with E-state index in [0.717, 1.165) is 5.56 Å². The van der Waals surface area contributed by atoms with E-state index in [-0.39, 0.29) is 11.5 Å². The molecule has 96 valence electrons. The molecule has 0 aliphatic heterocycles. The second kappa shape index (κ2) is 4.13. The Labute approximate surface area is 107 Å². The molecule has 0 fully saturated rings. The SMILES string of the molecule is Nc1cccc(Cc2nc3nc(N)[nH]c(=O)c3[nH]2)c1. The molecule has 2 heterocycles. The zero-order valence-electron chi connectivity index (χ0n) is 9.97. The van der Waals surface area contributed by atoms with Crippen molar-refractivity contribution >= 4 is 22.8 Å². The number of anilines is 2. The molecule has 0 atom stereocenters. The van der Waals surface area contributed by atoms with E-state index in [2.05, 4.69) is 19.9 Å². The molecule has 19 heavy (non-hydrogen) atoms. The van der Waals surface area contributed by atoms with Crippen LogP contribution < -0.4 is 17.0 Å². The number of aromatic amines is 2. The minimum atomic E-state index is -0.325. The van der Waals surface area contributed by atoms with Gasteiger partial charge in [0, 0.05) is 12.1 Å². The second-order valence-corrected chi connectivity index (χ2v) is 4.26. The largest absolute Gasteiger partial charge is 0.399 e. The molecular weight excluding hydrogens is 244 g/mol. The molecule has 0 amide bonds. The Hall–Kier alpha value is -2.83. The van der Waals surface area contributed by atoms with Crippen LogP contribution in [0.25, 0.3) is 11.2 Å². The van der Waals surface area contributed by atoms with Crippen LogP contribution in [0.2, 0.25) is 0 Å². The van der Waals surface area contributed by atoms with Gasteiger partial charge >= 0.3 is 0 Å². The first-order valence-corrected chi connectivity index (χ1v) is 5.70. The van der Waals surface area contributed by atoms with E-state index < -0.39 is 0 Å². The third kappa shape index (κ3) is 2.13. The predicted octanol–water partition coefficient (Wildman–Crippen LogP) is 0.401. The van der Waals surface area contributed by atoms with Crippen molar-refractivity contribution in [2.24, 2.45) is 0 Å². The summed E-state index contributed by atoms with van der Waals surface area (Å²) in [6.07, 6.45) is 0.542. The van der Waals surface area contributed by atoms with Crippen molar-refractivity contribution in [3.63, 3.8) is 0 Å². The van der Waals surface area contributed by atoms with Gasteiger partial charge < -0.3 is 16.5 Å². The summed E-state index contributed by atoms with van der Waals surface area (Å²) in [5, 5.41) is 0. The first kappa shape index (κ1) is 11.3. The summed E-state index contributed by atoms with van der Waals surface area (Å²) < 4.78 is 0. The van der Waals surface area contributed by atoms with Crippen molar-refractivity contribution in [3.8, 4) is 0 Å². The Morgan fingerprint density at radius 2 is 2.00 bits per heavy atom. The van der Waals surface area contributed by atoms with Gasteiger partial charge in [-0.25, -0.2) is 4.98 Å². The Kier molecular flexibility index (Phi) is 2.45. The summed E-state index contributed by atoms with van der Waals surface area (Å²) in [5.74, 6) is 0.698. The first-order valence-electron chi connectivity index (χ1n) is 5.70. The van der Waals surface area contributed by atoms with Gasteiger partial charge in [0.15, 0.2) is 11.2 Å². The van der Waals surface area contributed by atoms with Gasteiger partial charge in [-0.15, -0.1) is 0 Å². The van der Waals surface area contributed by atoms with E-state index in [9.17, 15) is 4.79 Å². The number of H-pyrrole nitrogens is 2. The lowest BCUT2D eigenvalue weighted by atomic mass is 10.1. The number of fused-ring (bicyclic) bond motifs is 1. The Morgan fingerprint density at radius 3 is 2.79 bits per heavy atom. The van der Waals surface area contributed by atoms with Crippen molar-refractivity contribution in [1.29, 1.82) is 0 Å². The van der Waals surface area contributed by atoms with Crippen LogP contribution in [0.1, 0.15) is 11.4 Å². The lowest BCUT2D eigenvalue weighted by Crippen LogP contribution is -2.10. The summed E-state index contributed by atoms with van der Waals surface area (Å²) in [5.41, 5.74) is 13.2. The van der Waals surface area contributed by atoms with Crippen LogP contribution in [0.15, 0.2) is 29.1 Å². The third-order valence-electron chi connectivity index (χ3n) is 2.75. The molecule has 1 aromatic carbocycles. The molecule has 3 aromatic rings. The fourth-order valence-electron chi connectivity index (χ4n) is 1.95. The van der Waals surface area contributed by atoms with E-state index in [1.54, 1.807) is 0 Å². The minimum Gasteiger partial charge on any atom is -0.399 e.